The molecular formula is C17H15F2N3O2. The smallest absolute Gasteiger partial charge is 0.268 e. The Balaban J connectivity index is 1.55. The average Bonchev–Trinajstić information content (AvgIpc) is 3.17. The third-order valence-corrected chi connectivity index (χ3v) is 3.86. The summed E-state index contributed by atoms with van der Waals surface area (Å²) < 4.78 is 27.8. The maximum Gasteiger partial charge on any atom is 0.268 e. The number of alkyl halides is 2. The van der Waals surface area contributed by atoms with Gasteiger partial charge in [-0.25, -0.2) is 8.78 Å². The quantitative estimate of drug-likeness (QED) is 0.882. The SMILES string of the molecule is O=C(CNC(=O)[C@@H]1[C@@H](c2ccccc2)C1(F)F)Nc1cccnc1. The summed E-state index contributed by atoms with van der Waals surface area (Å²) in [4.78, 5) is 27.5. The van der Waals surface area contributed by atoms with Crippen LogP contribution in [0.1, 0.15) is 11.5 Å². The Bertz CT molecular complexity index is 738. The molecule has 1 fully saturated rings. The molecule has 1 aliphatic rings. The molecule has 0 bridgehead atoms. The van der Waals surface area contributed by atoms with E-state index in [-0.39, 0.29) is 6.54 Å². The lowest BCUT2D eigenvalue weighted by molar-refractivity contribution is -0.126. The van der Waals surface area contributed by atoms with Gasteiger partial charge in [0.25, 0.3) is 5.92 Å². The average molecular weight is 331 g/mol. The number of hydrogen-bond acceptors (Lipinski definition) is 3. The summed E-state index contributed by atoms with van der Waals surface area (Å²) in [5.41, 5.74) is 0.887. The highest BCUT2D eigenvalue weighted by atomic mass is 19.3. The zero-order chi connectivity index (χ0) is 17.2. The fraction of sp³-hybridized carbons (Fsp3) is 0.235. The molecule has 0 unspecified atom stereocenters. The van der Waals surface area contributed by atoms with Crippen molar-refractivity contribution < 1.29 is 18.4 Å². The molecule has 1 heterocycles. The van der Waals surface area contributed by atoms with Gasteiger partial charge in [-0.05, 0) is 17.7 Å². The fourth-order valence-corrected chi connectivity index (χ4v) is 2.65. The van der Waals surface area contributed by atoms with Crippen molar-refractivity contribution >= 4 is 17.5 Å². The Morgan fingerprint density at radius 2 is 1.88 bits per heavy atom. The van der Waals surface area contributed by atoms with E-state index in [0.717, 1.165) is 0 Å². The van der Waals surface area contributed by atoms with E-state index in [0.29, 0.717) is 11.3 Å². The van der Waals surface area contributed by atoms with Gasteiger partial charge in [-0.1, -0.05) is 30.3 Å². The van der Waals surface area contributed by atoms with Gasteiger partial charge in [-0.2, -0.15) is 0 Å². The van der Waals surface area contributed by atoms with Crippen LogP contribution in [0.2, 0.25) is 0 Å². The first-order valence-electron chi connectivity index (χ1n) is 7.40. The number of nitrogens with one attached hydrogen (secondary N) is 2. The third kappa shape index (κ3) is 3.24. The predicted octanol–water partition coefficient (Wildman–Crippen LogP) is 2.19. The van der Waals surface area contributed by atoms with Crippen molar-refractivity contribution in [1.82, 2.24) is 10.3 Å². The third-order valence-electron chi connectivity index (χ3n) is 3.86. The molecule has 0 aliphatic heterocycles. The predicted molar refractivity (Wildman–Crippen MR) is 83.5 cm³/mol. The number of hydrogen-bond donors (Lipinski definition) is 2. The Morgan fingerprint density at radius 3 is 2.54 bits per heavy atom. The number of aromatic nitrogens is 1. The van der Waals surface area contributed by atoms with E-state index < -0.39 is 29.6 Å². The number of carbonyl (C=O) groups is 2. The monoisotopic (exact) mass is 331 g/mol. The van der Waals surface area contributed by atoms with Crippen LogP contribution in [0.3, 0.4) is 0 Å². The second-order valence-corrected chi connectivity index (χ2v) is 5.55. The minimum Gasteiger partial charge on any atom is -0.347 e. The second kappa shape index (κ2) is 6.35. The van der Waals surface area contributed by atoms with Crippen LogP contribution in [-0.4, -0.2) is 29.3 Å². The maximum atomic E-state index is 13.9. The molecule has 1 aromatic carbocycles. The highest BCUT2D eigenvalue weighted by molar-refractivity contribution is 5.95. The van der Waals surface area contributed by atoms with Gasteiger partial charge in [-0.15, -0.1) is 0 Å². The van der Waals surface area contributed by atoms with E-state index in [1.807, 2.05) is 0 Å². The molecule has 3 rings (SSSR count). The van der Waals surface area contributed by atoms with Crippen molar-refractivity contribution in [3.8, 4) is 0 Å². The van der Waals surface area contributed by atoms with Gasteiger partial charge in [0, 0.05) is 6.20 Å². The Morgan fingerprint density at radius 1 is 1.12 bits per heavy atom. The topological polar surface area (TPSA) is 71.1 Å². The maximum absolute atomic E-state index is 13.9. The number of pyridine rings is 1. The van der Waals surface area contributed by atoms with Crippen molar-refractivity contribution in [1.29, 1.82) is 0 Å². The van der Waals surface area contributed by atoms with Crippen LogP contribution in [0, 0.1) is 5.92 Å². The van der Waals surface area contributed by atoms with Gasteiger partial charge in [0.2, 0.25) is 11.8 Å². The first kappa shape index (κ1) is 16.0. The molecule has 2 aromatic rings. The molecule has 124 valence electrons. The van der Waals surface area contributed by atoms with Crippen molar-refractivity contribution in [3.63, 3.8) is 0 Å². The molecule has 5 nitrogen and oxygen atoms in total. The summed E-state index contributed by atoms with van der Waals surface area (Å²) in [5.74, 6) is -7.00. The number of rotatable bonds is 5. The summed E-state index contributed by atoms with van der Waals surface area (Å²) in [6, 6.07) is 11.4. The number of nitrogens with zero attached hydrogens (tertiary/aromatic N) is 1. The van der Waals surface area contributed by atoms with Crippen LogP contribution in [0.5, 0.6) is 0 Å². The molecule has 0 radical (unpaired) electrons. The van der Waals surface area contributed by atoms with Crippen LogP contribution < -0.4 is 10.6 Å². The number of benzene rings is 1. The zero-order valence-electron chi connectivity index (χ0n) is 12.6. The lowest BCUT2D eigenvalue weighted by Crippen LogP contribution is -2.35. The molecule has 2 atom stereocenters. The first-order valence-corrected chi connectivity index (χ1v) is 7.40. The largest absolute Gasteiger partial charge is 0.347 e. The van der Waals surface area contributed by atoms with Crippen LogP contribution in [0.25, 0.3) is 0 Å². The van der Waals surface area contributed by atoms with Crippen molar-refractivity contribution in [2.75, 3.05) is 11.9 Å². The van der Waals surface area contributed by atoms with Gasteiger partial charge >= 0.3 is 0 Å². The van der Waals surface area contributed by atoms with Gasteiger partial charge in [0.05, 0.1) is 24.3 Å². The normalized spacial score (nSPS) is 20.9. The van der Waals surface area contributed by atoms with Crippen LogP contribution in [0.15, 0.2) is 54.9 Å². The summed E-state index contributed by atoms with van der Waals surface area (Å²) in [6.07, 6.45) is 3.00. The van der Waals surface area contributed by atoms with E-state index in [4.69, 9.17) is 0 Å². The summed E-state index contributed by atoms with van der Waals surface area (Å²) >= 11 is 0. The van der Waals surface area contributed by atoms with E-state index in [1.54, 1.807) is 48.7 Å². The molecule has 1 aromatic heterocycles. The highest BCUT2D eigenvalue weighted by Gasteiger charge is 2.72. The Kier molecular flexibility index (Phi) is 4.24. The van der Waals surface area contributed by atoms with Gasteiger partial charge in [0.1, 0.15) is 5.92 Å². The minimum absolute atomic E-state index is 0.373. The molecule has 0 spiro atoms. The summed E-state index contributed by atoms with van der Waals surface area (Å²) in [6.45, 7) is -0.373. The molecule has 1 saturated carbocycles. The van der Waals surface area contributed by atoms with E-state index >= 15 is 0 Å². The standard InChI is InChI=1S/C17H15F2N3O2/c18-17(19)14(11-5-2-1-3-6-11)15(17)16(24)21-10-13(23)22-12-7-4-8-20-9-12/h1-9,14-15H,10H2,(H,21,24)(H,22,23)/t14-,15+/m1/s1. The molecule has 2 N–H and O–H groups in total. The number of carbonyl (C=O) groups excluding carboxylic acids is 2. The van der Waals surface area contributed by atoms with Crippen LogP contribution in [-0.2, 0) is 9.59 Å². The zero-order valence-corrected chi connectivity index (χ0v) is 12.6. The van der Waals surface area contributed by atoms with E-state index in [2.05, 4.69) is 15.6 Å². The molecule has 2 amide bonds. The lowest BCUT2D eigenvalue weighted by atomic mass is 10.1. The van der Waals surface area contributed by atoms with Crippen molar-refractivity contribution in [2.24, 2.45) is 5.92 Å². The molecule has 7 heteroatoms. The van der Waals surface area contributed by atoms with Crippen LogP contribution in [0.4, 0.5) is 14.5 Å². The van der Waals surface area contributed by atoms with E-state index in [9.17, 15) is 18.4 Å². The van der Waals surface area contributed by atoms with Crippen molar-refractivity contribution in [2.45, 2.75) is 11.8 Å². The number of anilines is 1. The Labute approximate surface area is 137 Å². The highest BCUT2D eigenvalue weighted by Crippen LogP contribution is 2.61. The van der Waals surface area contributed by atoms with Gasteiger partial charge in [-0.3, -0.25) is 14.6 Å². The van der Waals surface area contributed by atoms with Gasteiger partial charge in [0.15, 0.2) is 0 Å². The van der Waals surface area contributed by atoms with Gasteiger partial charge < -0.3 is 10.6 Å². The molecule has 0 saturated heterocycles. The van der Waals surface area contributed by atoms with E-state index in [1.165, 1.54) is 6.20 Å². The minimum atomic E-state index is -3.09. The first-order chi connectivity index (χ1) is 11.5. The Hall–Kier alpha value is -2.83. The second-order valence-electron chi connectivity index (χ2n) is 5.55. The number of halogens is 2. The van der Waals surface area contributed by atoms with Crippen molar-refractivity contribution in [3.05, 3.63) is 60.4 Å². The molecule has 24 heavy (non-hydrogen) atoms. The summed E-state index contributed by atoms with van der Waals surface area (Å²) in [5, 5.41) is 4.79. The number of amides is 2. The molecule has 1 aliphatic carbocycles. The lowest BCUT2D eigenvalue weighted by Gasteiger charge is -2.06. The molecular weight excluding hydrogens is 316 g/mol. The fourth-order valence-electron chi connectivity index (χ4n) is 2.65. The van der Waals surface area contributed by atoms with Crippen LogP contribution >= 0.6 is 0 Å². The summed E-state index contributed by atoms with van der Waals surface area (Å²) in [7, 11) is 0.